The summed E-state index contributed by atoms with van der Waals surface area (Å²) in [6, 6.07) is 32.5. The molecule has 2 aromatic heterocycles. The zero-order valence-corrected chi connectivity index (χ0v) is 38.5. The number of aliphatic hydroxyl groups is 1. The third kappa shape index (κ3) is 12.1. The Hall–Kier alpha value is -4.44. The molecule has 0 atom stereocenters. The molecule has 2 heterocycles. The molecular formula is C53H62IrN2O2-2. The van der Waals surface area contributed by atoms with Gasteiger partial charge in [0.05, 0.1) is 7.13 Å². The van der Waals surface area contributed by atoms with E-state index in [2.05, 4.69) is 117 Å². The molecule has 1 N–H and O–H groups in total. The second-order valence-electron chi connectivity index (χ2n) is 16.0. The van der Waals surface area contributed by atoms with Crippen molar-refractivity contribution in [1.82, 2.24) is 9.97 Å². The number of nitrogens with zero attached hydrogens (tertiary/aromatic N) is 2. The van der Waals surface area contributed by atoms with Crippen molar-refractivity contribution in [2.75, 3.05) is 0 Å². The Labute approximate surface area is 363 Å². The third-order valence-electron chi connectivity index (χ3n) is 11.4. The van der Waals surface area contributed by atoms with Gasteiger partial charge in [0.2, 0.25) is 0 Å². The molecule has 1 radical (unpaired) electrons. The minimum atomic E-state index is 0. The van der Waals surface area contributed by atoms with Gasteiger partial charge >= 0.3 is 0 Å². The van der Waals surface area contributed by atoms with Crippen molar-refractivity contribution < 1.29 is 31.4 Å². The number of aryl methyl sites for hydroxylation is 5. The second-order valence-corrected chi connectivity index (χ2v) is 16.0. The van der Waals surface area contributed by atoms with Gasteiger partial charge in [-0.15, -0.1) is 69.8 Å². The zero-order valence-electron chi connectivity index (χ0n) is 37.1. The summed E-state index contributed by atoms with van der Waals surface area (Å²) < 4.78 is 7.92. The van der Waals surface area contributed by atoms with Gasteiger partial charge < -0.3 is 15.1 Å². The van der Waals surface area contributed by atoms with Crippen LogP contribution in [0.15, 0.2) is 97.0 Å². The van der Waals surface area contributed by atoms with E-state index < -0.39 is 0 Å². The smallest absolute Gasteiger partial charge is 0.162 e. The van der Waals surface area contributed by atoms with Gasteiger partial charge in [-0.2, -0.15) is 0 Å². The molecule has 0 bridgehead atoms. The third-order valence-corrected chi connectivity index (χ3v) is 11.4. The normalized spacial score (nSPS) is 13.2. The fraction of sp³-hybridized carbons (Fsp3) is 0.377. The number of benzene rings is 4. The van der Waals surface area contributed by atoms with Gasteiger partial charge in [-0.1, -0.05) is 110 Å². The van der Waals surface area contributed by atoms with E-state index in [9.17, 15) is 9.90 Å². The Morgan fingerprint density at radius 2 is 1.24 bits per heavy atom. The van der Waals surface area contributed by atoms with E-state index in [4.69, 9.17) is 1.37 Å². The minimum Gasteiger partial charge on any atom is -0.512 e. The molecule has 6 aromatic rings. The van der Waals surface area contributed by atoms with E-state index in [0.29, 0.717) is 6.17 Å². The van der Waals surface area contributed by atoms with E-state index in [1.54, 1.807) is 0 Å². The van der Waals surface area contributed by atoms with Gasteiger partial charge in [-0.3, -0.25) is 4.79 Å². The predicted molar refractivity (Wildman–Crippen MR) is 241 cm³/mol. The number of carbonyl (C=O) groups is 1. The number of hydrogen-bond donors (Lipinski definition) is 1. The zero-order chi connectivity index (χ0) is 41.9. The number of pyridine rings is 2. The van der Waals surface area contributed by atoms with Gasteiger partial charge in [0.25, 0.3) is 0 Å². The molecule has 5 heteroatoms. The fourth-order valence-corrected chi connectivity index (χ4v) is 8.20. The summed E-state index contributed by atoms with van der Waals surface area (Å²) >= 11 is 0. The molecule has 4 aromatic carbocycles. The van der Waals surface area contributed by atoms with Crippen molar-refractivity contribution >= 4 is 27.3 Å². The Morgan fingerprint density at radius 3 is 1.79 bits per heavy atom. The molecular weight excluding hydrogens is 889 g/mol. The SMILES string of the molecule is CCC(CC)C(=O)/C=C(\O)C(CC)CC.Cc1[c-]c(-c2nccc3cc(C4CCCC4)ccc23)cc(C)c1.[2H]c1cc2cc(C)ccc2c(-c2[c-]c(C)cc(C)c2)n1.[Ir]. The Morgan fingerprint density at radius 1 is 0.707 bits per heavy atom. The number of aliphatic hydroxyl groups excluding tert-OH is 1. The summed E-state index contributed by atoms with van der Waals surface area (Å²) in [6.45, 7) is 18.5. The Bertz CT molecular complexity index is 2320. The number of rotatable bonds is 10. The van der Waals surface area contributed by atoms with Gasteiger partial charge in [-0.05, 0) is 102 Å². The van der Waals surface area contributed by atoms with Crippen molar-refractivity contribution in [2.45, 2.75) is 120 Å². The molecule has 1 aliphatic carbocycles. The number of hydrogen-bond acceptors (Lipinski definition) is 4. The van der Waals surface area contributed by atoms with Gasteiger partial charge in [0.15, 0.2) is 5.78 Å². The van der Waals surface area contributed by atoms with Crippen LogP contribution in [0.3, 0.4) is 0 Å². The van der Waals surface area contributed by atoms with Crippen molar-refractivity contribution in [3.05, 3.63) is 143 Å². The first kappa shape index (κ1) is 44.7. The Balaban J connectivity index is 0.000000199. The second kappa shape index (κ2) is 22.1. The molecule has 1 aliphatic rings. The maximum Gasteiger partial charge on any atom is 0.162 e. The molecule has 0 saturated heterocycles. The van der Waals surface area contributed by atoms with Crippen LogP contribution in [0.5, 0.6) is 0 Å². The van der Waals surface area contributed by atoms with Gasteiger partial charge in [0.1, 0.15) is 0 Å². The van der Waals surface area contributed by atoms with Gasteiger partial charge in [-0.25, -0.2) is 0 Å². The summed E-state index contributed by atoms with van der Waals surface area (Å²) in [5.74, 6) is 1.30. The summed E-state index contributed by atoms with van der Waals surface area (Å²) in [5.41, 5.74) is 11.4. The van der Waals surface area contributed by atoms with Crippen molar-refractivity contribution in [3.63, 3.8) is 0 Å². The van der Waals surface area contributed by atoms with E-state index in [1.165, 1.54) is 70.3 Å². The standard InChI is InChI=1S/C22H22N.C18H16N.C13H24O2.Ir/c1-15-11-16(2)13-20(12-15)22-21-8-7-18(17-5-3-4-6-17)14-19(21)9-10-23-22;1-12-4-5-17-15(9-12)6-7-19-18(17)16-10-13(2)8-14(3)11-16;1-5-10(6-2)12(14)9-13(15)11(7-3)8-4;/h7-12,14,17H,3-6H2,1-2H3;4-10H,1-3H3;9-11,14H,5-8H2,1-4H3;/q2*-1;;/b;;12-9-;/i;7D;;. The van der Waals surface area contributed by atoms with Crippen LogP contribution in [0.1, 0.15) is 120 Å². The van der Waals surface area contributed by atoms with Crippen LogP contribution in [-0.4, -0.2) is 20.9 Å². The predicted octanol–water partition coefficient (Wildman–Crippen LogP) is 14.5. The monoisotopic (exact) mass is 952 g/mol. The topological polar surface area (TPSA) is 63.1 Å². The number of ketones is 1. The van der Waals surface area contributed by atoms with Crippen LogP contribution in [-0.2, 0) is 24.9 Å². The number of aromatic nitrogens is 2. The molecule has 0 unspecified atom stereocenters. The maximum atomic E-state index is 11.7. The molecule has 1 saturated carbocycles. The van der Waals surface area contributed by atoms with Crippen molar-refractivity contribution in [3.8, 4) is 22.5 Å². The molecule has 7 rings (SSSR count). The van der Waals surface area contributed by atoms with E-state index >= 15 is 0 Å². The van der Waals surface area contributed by atoms with Crippen LogP contribution >= 0.6 is 0 Å². The quantitative estimate of drug-likeness (QED) is 0.0844. The Kier molecular flexibility index (Phi) is 17.0. The fourth-order valence-electron chi connectivity index (χ4n) is 8.20. The van der Waals surface area contributed by atoms with Crippen LogP contribution in [0.2, 0.25) is 0 Å². The first-order valence-electron chi connectivity index (χ1n) is 21.6. The minimum absolute atomic E-state index is 0. The van der Waals surface area contributed by atoms with Gasteiger partial charge in [0, 0.05) is 50.4 Å². The number of allylic oxidation sites excluding steroid dienone is 2. The summed E-state index contributed by atoms with van der Waals surface area (Å²) in [4.78, 5) is 20.8. The van der Waals surface area contributed by atoms with E-state index in [-0.39, 0.29) is 43.5 Å². The van der Waals surface area contributed by atoms with E-state index in [0.717, 1.165) is 70.5 Å². The van der Waals surface area contributed by atoms with Crippen molar-refractivity contribution in [2.24, 2.45) is 11.8 Å². The molecule has 1 fully saturated rings. The van der Waals surface area contributed by atoms with E-state index in [1.807, 2.05) is 46.9 Å². The molecule has 0 spiro atoms. The first-order valence-corrected chi connectivity index (χ1v) is 21.1. The summed E-state index contributed by atoms with van der Waals surface area (Å²) in [6.07, 6.45) is 12.6. The first-order chi connectivity index (χ1) is 27.8. The average molecular weight is 952 g/mol. The molecule has 0 aliphatic heterocycles. The van der Waals surface area contributed by atoms with Crippen LogP contribution in [0, 0.1) is 58.6 Å². The molecule has 307 valence electrons. The average Bonchev–Trinajstić information content (AvgIpc) is 3.73. The van der Waals surface area contributed by atoms with Crippen LogP contribution in [0.25, 0.3) is 44.1 Å². The molecule has 4 nitrogen and oxygen atoms in total. The van der Waals surface area contributed by atoms with Crippen molar-refractivity contribution in [1.29, 1.82) is 0 Å². The molecule has 0 amide bonds. The molecule has 58 heavy (non-hydrogen) atoms. The summed E-state index contributed by atoms with van der Waals surface area (Å²) in [7, 11) is 0. The number of fused-ring (bicyclic) bond motifs is 2. The van der Waals surface area contributed by atoms with Crippen LogP contribution in [0.4, 0.5) is 0 Å². The largest absolute Gasteiger partial charge is 0.512 e. The number of carbonyl (C=O) groups excluding carboxylic acids is 1. The van der Waals surface area contributed by atoms with Crippen LogP contribution < -0.4 is 0 Å². The maximum absolute atomic E-state index is 11.7. The summed E-state index contributed by atoms with van der Waals surface area (Å²) in [5, 5.41) is 14.4.